The summed E-state index contributed by atoms with van der Waals surface area (Å²) in [5.41, 5.74) is 1.21. The Labute approximate surface area is 83.3 Å². The first-order valence-corrected chi connectivity index (χ1v) is 4.71. The predicted octanol–water partition coefficient (Wildman–Crippen LogP) is 1.68. The Morgan fingerprint density at radius 2 is 2.14 bits per heavy atom. The Bertz CT molecular complexity index is 323. The van der Waals surface area contributed by atoms with Crippen molar-refractivity contribution in [2.75, 3.05) is 13.6 Å². The number of nitrogens with zero attached hydrogens (tertiary/aromatic N) is 1. The fourth-order valence-electron chi connectivity index (χ4n) is 1.63. The zero-order chi connectivity index (χ0) is 9.97. The molecule has 74 valence electrons. The van der Waals surface area contributed by atoms with Gasteiger partial charge in [-0.05, 0) is 5.56 Å². The highest BCUT2D eigenvalue weighted by Gasteiger charge is 2.27. The van der Waals surface area contributed by atoms with E-state index in [1.165, 1.54) is 5.56 Å². The SMILES string of the molecule is CN1CC(Cc2ccccc2)OC1=O. The van der Waals surface area contributed by atoms with Gasteiger partial charge in [0.05, 0.1) is 6.54 Å². The van der Waals surface area contributed by atoms with Crippen LogP contribution in [0.4, 0.5) is 4.79 Å². The van der Waals surface area contributed by atoms with Crippen LogP contribution in [0, 0.1) is 0 Å². The molecular formula is C11H13NO2. The molecule has 14 heavy (non-hydrogen) atoms. The number of benzene rings is 1. The topological polar surface area (TPSA) is 29.5 Å². The minimum absolute atomic E-state index is 0.00917. The summed E-state index contributed by atoms with van der Waals surface area (Å²) < 4.78 is 5.16. The second-order valence-electron chi connectivity index (χ2n) is 3.58. The molecule has 0 spiro atoms. The molecule has 1 aromatic carbocycles. The molecule has 0 radical (unpaired) electrons. The van der Waals surface area contributed by atoms with Crippen LogP contribution in [0.25, 0.3) is 0 Å². The summed E-state index contributed by atoms with van der Waals surface area (Å²) in [7, 11) is 1.76. The second kappa shape index (κ2) is 3.70. The molecule has 0 bridgehead atoms. The van der Waals surface area contributed by atoms with Crippen molar-refractivity contribution in [3.8, 4) is 0 Å². The Balaban J connectivity index is 1.97. The molecule has 0 aromatic heterocycles. The predicted molar refractivity (Wildman–Crippen MR) is 53.0 cm³/mol. The third kappa shape index (κ3) is 1.87. The van der Waals surface area contributed by atoms with Gasteiger partial charge >= 0.3 is 6.09 Å². The van der Waals surface area contributed by atoms with Crippen LogP contribution in [0.5, 0.6) is 0 Å². The molecule has 1 saturated heterocycles. The quantitative estimate of drug-likeness (QED) is 0.711. The molecular weight excluding hydrogens is 178 g/mol. The summed E-state index contributed by atoms with van der Waals surface area (Å²) in [4.78, 5) is 12.7. The van der Waals surface area contributed by atoms with Crippen LogP contribution in [-0.2, 0) is 11.2 Å². The molecule has 1 aromatic rings. The Hall–Kier alpha value is -1.51. The fraction of sp³-hybridized carbons (Fsp3) is 0.364. The Kier molecular flexibility index (Phi) is 2.39. The first kappa shape index (κ1) is 9.06. The van der Waals surface area contributed by atoms with E-state index in [1.807, 2.05) is 30.3 Å². The zero-order valence-electron chi connectivity index (χ0n) is 8.14. The molecule has 1 aliphatic heterocycles. The van der Waals surface area contributed by atoms with Crippen molar-refractivity contribution in [3.63, 3.8) is 0 Å². The highest BCUT2D eigenvalue weighted by atomic mass is 16.6. The van der Waals surface area contributed by atoms with Crippen molar-refractivity contribution in [3.05, 3.63) is 35.9 Å². The Morgan fingerprint density at radius 3 is 2.71 bits per heavy atom. The van der Waals surface area contributed by atoms with Gasteiger partial charge in [0, 0.05) is 13.5 Å². The van der Waals surface area contributed by atoms with E-state index in [0.717, 1.165) is 6.42 Å². The molecule has 1 atom stereocenters. The smallest absolute Gasteiger partial charge is 0.409 e. The van der Waals surface area contributed by atoms with Crippen LogP contribution in [0.3, 0.4) is 0 Å². The van der Waals surface area contributed by atoms with Gasteiger partial charge in [0.1, 0.15) is 6.10 Å². The molecule has 3 nitrogen and oxygen atoms in total. The monoisotopic (exact) mass is 191 g/mol. The highest BCUT2D eigenvalue weighted by molar-refractivity contribution is 5.69. The van der Waals surface area contributed by atoms with Crippen molar-refractivity contribution >= 4 is 6.09 Å². The van der Waals surface area contributed by atoms with Gasteiger partial charge in [-0.3, -0.25) is 0 Å². The van der Waals surface area contributed by atoms with Crippen molar-refractivity contribution in [2.45, 2.75) is 12.5 Å². The van der Waals surface area contributed by atoms with Gasteiger partial charge in [0.2, 0.25) is 0 Å². The lowest BCUT2D eigenvalue weighted by molar-refractivity contribution is 0.134. The number of rotatable bonds is 2. The van der Waals surface area contributed by atoms with E-state index in [2.05, 4.69) is 0 Å². The number of hydrogen-bond donors (Lipinski definition) is 0. The van der Waals surface area contributed by atoms with Gasteiger partial charge in [-0.25, -0.2) is 4.79 Å². The average Bonchev–Trinajstić information content (AvgIpc) is 2.47. The molecule has 0 aliphatic carbocycles. The van der Waals surface area contributed by atoms with E-state index >= 15 is 0 Å². The van der Waals surface area contributed by atoms with E-state index in [0.29, 0.717) is 6.54 Å². The van der Waals surface area contributed by atoms with Crippen LogP contribution in [0.1, 0.15) is 5.56 Å². The summed E-state index contributed by atoms with van der Waals surface area (Å²) in [6.45, 7) is 0.688. The molecule has 1 unspecified atom stereocenters. The van der Waals surface area contributed by atoms with Gasteiger partial charge in [-0.1, -0.05) is 30.3 Å². The zero-order valence-corrected chi connectivity index (χ0v) is 8.14. The van der Waals surface area contributed by atoms with Crippen LogP contribution >= 0.6 is 0 Å². The third-order valence-corrected chi connectivity index (χ3v) is 2.36. The lowest BCUT2D eigenvalue weighted by atomic mass is 10.1. The van der Waals surface area contributed by atoms with Gasteiger partial charge in [-0.2, -0.15) is 0 Å². The number of ether oxygens (including phenoxy) is 1. The van der Waals surface area contributed by atoms with Crippen molar-refractivity contribution in [1.82, 2.24) is 4.90 Å². The number of carbonyl (C=O) groups is 1. The molecule has 1 amide bonds. The number of cyclic esters (lactones) is 1. The maximum atomic E-state index is 11.1. The second-order valence-corrected chi connectivity index (χ2v) is 3.58. The number of amides is 1. The maximum Gasteiger partial charge on any atom is 0.409 e. The molecule has 1 aliphatic rings. The van der Waals surface area contributed by atoms with E-state index in [9.17, 15) is 4.79 Å². The molecule has 0 saturated carbocycles. The molecule has 0 N–H and O–H groups in total. The van der Waals surface area contributed by atoms with Crippen molar-refractivity contribution < 1.29 is 9.53 Å². The highest BCUT2D eigenvalue weighted by Crippen LogP contribution is 2.13. The van der Waals surface area contributed by atoms with Crippen LogP contribution < -0.4 is 0 Å². The average molecular weight is 191 g/mol. The molecule has 1 heterocycles. The van der Waals surface area contributed by atoms with Gasteiger partial charge < -0.3 is 9.64 Å². The largest absolute Gasteiger partial charge is 0.444 e. The summed E-state index contributed by atoms with van der Waals surface area (Å²) in [6, 6.07) is 10.1. The number of hydrogen-bond acceptors (Lipinski definition) is 2. The van der Waals surface area contributed by atoms with Gasteiger partial charge in [-0.15, -0.1) is 0 Å². The molecule has 1 fully saturated rings. The van der Waals surface area contributed by atoms with Crippen LogP contribution in [0.2, 0.25) is 0 Å². The van der Waals surface area contributed by atoms with Gasteiger partial charge in [0.15, 0.2) is 0 Å². The van der Waals surface area contributed by atoms with Gasteiger partial charge in [0.25, 0.3) is 0 Å². The number of likely N-dealkylation sites (N-methyl/N-ethyl adjacent to an activating group) is 1. The summed E-state index contributed by atoms with van der Waals surface area (Å²) >= 11 is 0. The van der Waals surface area contributed by atoms with Crippen LogP contribution in [0.15, 0.2) is 30.3 Å². The summed E-state index contributed by atoms with van der Waals surface area (Å²) in [6.07, 6.45) is 0.595. The standard InChI is InChI=1S/C11H13NO2/c1-12-8-10(14-11(12)13)7-9-5-3-2-4-6-9/h2-6,10H,7-8H2,1H3. The fourth-order valence-corrected chi connectivity index (χ4v) is 1.63. The van der Waals surface area contributed by atoms with E-state index in [4.69, 9.17) is 4.74 Å². The minimum atomic E-state index is -0.217. The maximum absolute atomic E-state index is 11.1. The summed E-state index contributed by atoms with van der Waals surface area (Å²) in [5.74, 6) is 0. The minimum Gasteiger partial charge on any atom is -0.444 e. The third-order valence-electron chi connectivity index (χ3n) is 2.36. The van der Waals surface area contributed by atoms with E-state index in [-0.39, 0.29) is 12.2 Å². The summed E-state index contributed by atoms with van der Waals surface area (Å²) in [5, 5.41) is 0. The van der Waals surface area contributed by atoms with Crippen molar-refractivity contribution in [2.24, 2.45) is 0 Å². The van der Waals surface area contributed by atoms with Crippen LogP contribution in [-0.4, -0.2) is 30.7 Å². The lowest BCUT2D eigenvalue weighted by Crippen LogP contribution is -2.20. The normalized spacial score (nSPS) is 21.1. The van der Waals surface area contributed by atoms with E-state index < -0.39 is 0 Å². The molecule has 2 rings (SSSR count). The molecule has 3 heteroatoms. The van der Waals surface area contributed by atoms with E-state index in [1.54, 1.807) is 11.9 Å². The Morgan fingerprint density at radius 1 is 1.43 bits per heavy atom. The van der Waals surface area contributed by atoms with Crippen molar-refractivity contribution in [1.29, 1.82) is 0 Å². The lowest BCUT2D eigenvalue weighted by Gasteiger charge is -2.07. The number of carbonyl (C=O) groups excluding carboxylic acids is 1. The first-order valence-electron chi connectivity index (χ1n) is 4.71. The first-order chi connectivity index (χ1) is 6.75.